The number of pyridine rings is 1. The summed E-state index contributed by atoms with van der Waals surface area (Å²) >= 11 is 6.12. The van der Waals surface area contributed by atoms with Crippen LogP contribution >= 0.6 is 11.6 Å². The van der Waals surface area contributed by atoms with Crippen LogP contribution in [0.3, 0.4) is 0 Å². The number of fused-ring (bicyclic) bond motifs is 1. The summed E-state index contributed by atoms with van der Waals surface area (Å²) in [6.45, 7) is 9.89. The highest BCUT2D eigenvalue weighted by Crippen LogP contribution is 2.25. The van der Waals surface area contributed by atoms with E-state index in [4.69, 9.17) is 16.6 Å². The van der Waals surface area contributed by atoms with Gasteiger partial charge >= 0.3 is 0 Å². The van der Waals surface area contributed by atoms with Crippen LogP contribution in [-0.4, -0.2) is 17.6 Å². The Morgan fingerprint density at radius 3 is 2.45 bits per heavy atom. The highest BCUT2D eigenvalue weighted by Gasteiger charge is 2.15. The smallest absolute Gasteiger partial charge is 0.129 e. The molecule has 0 atom stereocenters. The first kappa shape index (κ1) is 15.1. The molecule has 0 amide bonds. The van der Waals surface area contributed by atoms with Gasteiger partial charge in [0, 0.05) is 23.9 Å². The Morgan fingerprint density at radius 2 is 1.85 bits per heavy atom. The van der Waals surface area contributed by atoms with Crippen molar-refractivity contribution in [1.82, 2.24) is 4.98 Å². The number of para-hydroxylation sites is 1. The Balaban J connectivity index is 2.52. The van der Waals surface area contributed by atoms with Crippen LogP contribution in [0, 0.1) is 5.92 Å². The fourth-order valence-electron chi connectivity index (χ4n) is 2.45. The lowest BCUT2D eigenvalue weighted by atomic mass is 10.1. The molecule has 2 nitrogen and oxygen atoms in total. The molecule has 108 valence electrons. The summed E-state index contributed by atoms with van der Waals surface area (Å²) < 4.78 is 0. The first-order chi connectivity index (χ1) is 9.52. The van der Waals surface area contributed by atoms with Gasteiger partial charge in [0.2, 0.25) is 0 Å². The molecule has 0 spiro atoms. The molecule has 1 aromatic carbocycles. The summed E-state index contributed by atoms with van der Waals surface area (Å²) in [6, 6.07) is 10.8. The van der Waals surface area contributed by atoms with E-state index in [1.165, 1.54) is 0 Å². The maximum absolute atomic E-state index is 6.12. The molecule has 0 radical (unpaired) electrons. The summed E-state index contributed by atoms with van der Waals surface area (Å²) in [5.41, 5.74) is 2.18. The lowest BCUT2D eigenvalue weighted by Gasteiger charge is -2.30. The molecule has 0 aliphatic rings. The minimum absolute atomic E-state index is 0.425. The van der Waals surface area contributed by atoms with Gasteiger partial charge in [-0.1, -0.05) is 32.0 Å². The minimum atomic E-state index is 0.425. The van der Waals surface area contributed by atoms with Gasteiger partial charge in [-0.25, -0.2) is 4.98 Å². The van der Waals surface area contributed by atoms with E-state index >= 15 is 0 Å². The quantitative estimate of drug-likeness (QED) is 0.732. The third-order valence-corrected chi connectivity index (χ3v) is 3.70. The van der Waals surface area contributed by atoms with Crippen LogP contribution in [0.4, 0.5) is 5.82 Å². The fourth-order valence-corrected chi connectivity index (χ4v) is 2.67. The van der Waals surface area contributed by atoms with E-state index in [2.05, 4.69) is 50.8 Å². The molecule has 2 rings (SSSR count). The zero-order chi connectivity index (χ0) is 14.7. The second kappa shape index (κ2) is 6.45. The molecule has 1 aromatic heterocycles. The Labute approximate surface area is 126 Å². The van der Waals surface area contributed by atoms with Crippen molar-refractivity contribution in [1.29, 1.82) is 0 Å². The summed E-state index contributed by atoms with van der Waals surface area (Å²) in [4.78, 5) is 7.18. The van der Waals surface area contributed by atoms with Crippen LogP contribution in [-0.2, 0) is 5.88 Å². The number of anilines is 1. The van der Waals surface area contributed by atoms with Gasteiger partial charge in [-0.05, 0) is 37.5 Å². The van der Waals surface area contributed by atoms with Crippen LogP contribution in [0.1, 0.15) is 33.3 Å². The maximum Gasteiger partial charge on any atom is 0.129 e. The fraction of sp³-hybridized carbons (Fsp3) is 0.471. The highest BCUT2D eigenvalue weighted by molar-refractivity contribution is 6.18. The van der Waals surface area contributed by atoms with Gasteiger partial charge in [-0.2, -0.15) is 0 Å². The molecule has 20 heavy (non-hydrogen) atoms. The highest BCUT2D eigenvalue weighted by atomic mass is 35.5. The predicted molar refractivity (Wildman–Crippen MR) is 88.6 cm³/mol. The molecule has 0 bridgehead atoms. The summed E-state index contributed by atoms with van der Waals surface area (Å²) in [5, 5.41) is 1.15. The van der Waals surface area contributed by atoms with E-state index in [1.54, 1.807) is 0 Å². The van der Waals surface area contributed by atoms with Crippen LogP contribution in [0.2, 0.25) is 0 Å². The SMILES string of the molecule is CC(C)CN(c1cc(CCl)c2ccccc2n1)C(C)C. The molecular formula is C17H23ClN2. The van der Waals surface area contributed by atoms with Gasteiger partial charge in [-0.15, -0.1) is 11.6 Å². The Hall–Kier alpha value is -1.28. The normalized spacial score (nSPS) is 11.6. The maximum atomic E-state index is 6.12. The Kier molecular flexibility index (Phi) is 4.87. The van der Waals surface area contributed by atoms with Crippen molar-refractivity contribution in [2.75, 3.05) is 11.4 Å². The topological polar surface area (TPSA) is 16.1 Å². The van der Waals surface area contributed by atoms with Crippen molar-refractivity contribution >= 4 is 28.3 Å². The van der Waals surface area contributed by atoms with Gasteiger partial charge in [0.1, 0.15) is 5.82 Å². The number of nitrogens with zero attached hydrogens (tertiary/aromatic N) is 2. The number of halogens is 1. The van der Waals surface area contributed by atoms with Crippen molar-refractivity contribution in [2.45, 2.75) is 39.6 Å². The van der Waals surface area contributed by atoms with Crippen molar-refractivity contribution < 1.29 is 0 Å². The number of alkyl halides is 1. The zero-order valence-electron chi connectivity index (χ0n) is 12.7. The van der Waals surface area contributed by atoms with Gasteiger partial charge in [0.25, 0.3) is 0 Å². The third kappa shape index (κ3) is 3.24. The number of hydrogen-bond acceptors (Lipinski definition) is 2. The van der Waals surface area contributed by atoms with E-state index in [0.29, 0.717) is 17.8 Å². The lowest BCUT2D eigenvalue weighted by molar-refractivity contribution is 0.566. The molecule has 0 fully saturated rings. The van der Waals surface area contributed by atoms with Gasteiger partial charge in [0.05, 0.1) is 5.52 Å². The molecular weight excluding hydrogens is 268 g/mol. The van der Waals surface area contributed by atoms with Crippen LogP contribution in [0.15, 0.2) is 30.3 Å². The largest absolute Gasteiger partial charge is 0.354 e. The third-order valence-electron chi connectivity index (χ3n) is 3.41. The number of hydrogen-bond donors (Lipinski definition) is 0. The number of benzene rings is 1. The summed E-state index contributed by atoms with van der Waals surface area (Å²) in [6.07, 6.45) is 0. The van der Waals surface area contributed by atoms with Gasteiger partial charge in [0.15, 0.2) is 0 Å². The van der Waals surface area contributed by atoms with Crippen LogP contribution < -0.4 is 4.90 Å². The average molecular weight is 291 g/mol. The molecule has 0 saturated heterocycles. The van der Waals surface area contributed by atoms with Crippen molar-refractivity contribution in [3.63, 3.8) is 0 Å². The van der Waals surface area contributed by atoms with E-state index in [1.807, 2.05) is 12.1 Å². The standard InChI is InChI=1S/C17H23ClN2/c1-12(2)11-20(13(3)4)17-9-14(10-18)15-7-5-6-8-16(15)19-17/h5-9,12-13H,10-11H2,1-4H3. The van der Waals surface area contributed by atoms with E-state index in [0.717, 1.165) is 28.8 Å². The molecule has 0 N–H and O–H groups in total. The van der Waals surface area contributed by atoms with Crippen molar-refractivity contribution in [3.05, 3.63) is 35.9 Å². The van der Waals surface area contributed by atoms with Crippen molar-refractivity contribution in [2.24, 2.45) is 5.92 Å². The molecule has 1 heterocycles. The minimum Gasteiger partial charge on any atom is -0.354 e. The first-order valence-corrected chi connectivity index (χ1v) is 7.77. The van der Waals surface area contributed by atoms with E-state index in [-0.39, 0.29) is 0 Å². The number of rotatable bonds is 5. The Bertz CT molecular complexity index is 578. The average Bonchev–Trinajstić information content (AvgIpc) is 2.43. The Morgan fingerprint density at radius 1 is 1.15 bits per heavy atom. The van der Waals surface area contributed by atoms with E-state index < -0.39 is 0 Å². The van der Waals surface area contributed by atoms with E-state index in [9.17, 15) is 0 Å². The second-order valence-corrected chi connectivity index (χ2v) is 6.20. The molecule has 0 saturated carbocycles. The monoisotopic (exact) mass is 290 g/mol. The lowest BCUT2D eigenvalue weighted by Crippen LogP contribution is -2.34. The summed E-state index contributed by atoms with van der Waals surface area (Å²) in [5.74, 6) is 2.15. The van der Waals surface area contributed by atoms with Crippen LogP contribution in [0.25, 0.3) is 10.9 Å². The molecule has 0 unspecified atom stereocenters. The van der Waals surface area contributed by atoms with Gasteiger partial charge in [-0.3, -0.25) is 0 Å². The zero-order valence-corrected chi connectivity index (χ0v) is 13.5. The van der Waals surface area contributed by atoms with Crippen LogP contribution in [0.5, 0.6) is 0 Å². The second-order valence-electron chi connectivity index (χ2n) is 5.93. The van der Waals surface area contributed by atoms with Gasteiger partial charge < -0.3 is 4.90 Å². The molecule has 0 aliphatic carbocycles. The predicted octanol–water partition coefficient (Wildman–Crippen LogP) is 4.84. The van der Waals surface area contributed by atoms with Crippen molar-refractivity contribution in [3.8, 4) is 0 Å². The summed E-state index contributed by atoms with van der Waals surface area (Å²) in [7, 11) is 0. The molecule has 0 aliphatic heterocycles. The molecule has 2 aromatic rings. The number of aromatic nitrogens is 1. The molecule has 3 heteroatoms. The first-order valence-electron chi connectivity index (χ1n) is 7.24.